The SMILES string of the molecule is Cc1cc(Br)cnc1NC[C@H](C)N1CCN(C)CC1. The van der Waals surface area contributed by atoms with E-state index in [1.807, 2.05) is 6.20 Å². The summed E-state index contributed by atoms with van der Waals surface area (Å²) in [6.45, 7) is 9.96. The molecule has 1 aliphatic rings. The predicted molar refractivity (Wildman–Crippen MR) is 83.7 cm³/mol. The van der Waals surface area contributed by atoms with Gasteiger partial charge in [-0.1, -0.05) is 0 Å². The first-order chi connectivity index (χ1) is 9.06. The molecule has 19 heavy (non-hydrogen) atoms. The van der Waals surface area contributed by atoms with Gasteiger partial charge in [-0.2, -0.15) is 0 Å². The molecule has 0 unspecified atom stereocenters. The van der Waals surface area contributed by atoms with Crippen molar-refractivity contribution < 1.29 is 0 Å². The largest absolute Gasteiger partial charge is 0.368 e. The van der Waals surface area contributed by atoms with Gasteiger partial charge in [-0.3, -0.25) is 4.90 Å². The summed E-state index contributed by atoms with van der Waals surface area (Å²) in [5.74, 6) is 0.990. The van der Waals surface area contributed by atoms with Gasteiger partial charge in [0.25, 0.3) is 0 Å². The van der Waals surface area contributed by atoms with Gasteiger partial charge in [-0.15, -0.1) is 0 Å². The van der Waals surface area contributed by atoms with Crippen LogP contribution in [0.2, 0.25) is 0 Å². The fourth-order valence-electron chi connectivity index (χ4n) is 2.36. The number of aryl methyl sites for hydroxylation is 1. The van der Waals surface area contributed by atoms with E-state index in [4.69, 9.17) is 0 Å². The fraction of sp³-hybridized carbons (Fsp3) is 0.643. The third-order valence-corrected chi connectivity index (χ3v) is 4.20. The van der Waals surface area contributed by atoms with Gasteiger partial charge in [-0.05, 0) is 48.5 Å². The van der Waals surface area contributed by atoms with Gasteiger partial charge < -0.3 is 10.2 Å². The Kier molecular flexibility index (Phi) is 5.19. The molecule has 1 aromatic rings. The summed E-state index contributed by atoms with van der Waals surface area (Å²) in [6, 6.07) is 2.63. The standard InChI is InChI=1S/C14H23BrN4/c1-11-8-13(15)10-17-14(11)16-9-12(2)19-6-4-18(3)5-7-19/h8,10,12H,4-7,9H2,1-3H3,(H,16,17)/t12-/m0/s1. The normalized spacial score (nSPS) is 19.4. The van der Waals surface area contributed by atoms with Crippen LogP contribution < -0.4 is 5.32 Å². The molecule has 0 radical (unpaired) electrons. The minimum Gasteiger partial charge on any atom is -0.368 e. The van der Waals surface area contributed by atoms with Gasteiger partial charge in [0.2, 0.25) is 0 Å². The monoisotopic (exact) mass is 326 g/mol. The van der Waals surface area contributed by atoms with Crippen molar-refractivity contribution in [2.75, 3.05) is 45.1 Å². The van der Waals surface area contributed by atoms with E-state index >= 15 is 0 Å². The summed E-state index contributed by atoms with van der Waals surface area (Å²) in [6.07, 6.45) is 1.84. The molecule has 5 heteroatoms. The highest BCUT2D eigenvalue weighted by atomic mass is 79.9. The smallest absolute Gasteiger partial charge is 0.128 e. The zero-order valence-corrected chi connectivity index (χ0v) is 13.6. The Balaban J connectivity index is 1.84. The molecule has 0 spiro atoms. The number of aromatic nitrogens is 1. The third-order valence-electron chi connectivity index (χ3n) is 3.77. The molecule has 2 heterocycles. The Morgan fingerprint density at radius 2 is 2.05 bits per heavy atom. The molecule has 1 aliphatic heterocycles. The topological polar surface area (TPSA) is 31.4 Å². The summed E-state index contributed by atoms with van der Waals surface area (Å²) in [4.78, 5) is 9.35. The lowest BCUT2D eigenvalue weighted by molar-refractivity contribution is 0.123. The fourth-order valence-corrected chi connectivity index (χ4v) is 2.81. The van der Waals surface area contributed by atoms with Crippen molar-refractivity contribution in [3.63, 3.8) is 0 Å². The van der Waals surface area contributed by atoms with E-state index in [0.29, 0.717) is 6.04 Å². The first kappa shape index (κ1) is 14.8. The minimum absolute atomic E-state index is 0.540. The second-order valence-corrected chi connectivity index (χ2v) is 6.30. The molecule has 1 fully saturated rings. The van der Waals surface area contributed by atoms with Crippen LogP contribution in [0.1, 0.15) is 12.5 Å². The quantitative estimate of drug-likeness (QED) is 0.919. The number of nitrogens with zero attached hydrogens (tertiary/aromatic N) is 3. The van der Waals surface area contributed by atoms with Gasteiger partial charge in [0.15, 0.2) is 0 Å². The maximum atomic E-state index is 4.42. The number of hydrogen-bond acceptors (Lipinski definition) is 4. The van der Waals surface area contributed by atoms with Crippen molar-refractivity contribution in [1.82, 2.24) is 14.8 Å². The summed E-state index contributed by atoms with van der Waals surface area (Å²) in [7, 11) is 2.19. The third kappa shape index (κ3) is 4.16. The van der Waals surface area contributed by atoms with Crippen LogP contribution in [0.5, 0.6) is 0 Å². The maximum absolute atomic E-state index is 4.42. The average Bonchev–Trinajstić information content (AvgIpc) is 2.38. The van der Waals surface area contributed by atoms with Crippen molar-refractivity contribution in [3.05, 3.63) is 22.3 Å². The number of piperazine rings is 1. The second kappa shape index (κ2) is 6.68. The average molecular weight is 327 g/mol. The molecule has 1 N–H and O–H groups in total. The summed E-state index contributed by atoms with van der Waals surface area (Å²) in [5.41, 5.74) is 1.18. The van der Waals surface area contributed by atoms with E-state index in [1.54, 1.807) is 0 Å². The van der Waals surface area contributed by atoms with Crippen LogP contribution in [-0.2, 0) is 0 Å². The van der Waals surface area contributed by atoms with Crippen LogP contribution in [0, 0.1) is 6.92 Å². The second-order valence-electron chi connectivity index (χ2n) is 5.39. The molecule has 106 valence electrons. The molecular weight excluding hydrogens is 304 g/mol. The van der Waals surface area contributed by atoms with Crippen LogP contribution in [-0.4, -0.2) is 60.6 Å². The number of pyridine rings is 1. The van der Waals surface area contributed by atoms with E-state index in [-0.39, 0.29) is 0 Å². The van der Waals surface area contributed by atoms with E-state index in [1.165, 1.54) is 18.7 Å². The number of nitrogens with one attached hydrogen (secondary N) is 1. The van der Waals surface area contributed by atoms with Gasteiger partial charge in [0.1, 0.15) is 5.82 Å². The van der Waals surface area contributed by atoms with Crippen LogP contribution in [0.25, 0.3) is 0 Å². The van der Waals surface area contributed by atoms with E-state index in [0.717, 1.165) is 29.9 Å². The van der Waals surface area contributed by atoms with Crippen LogP contribution >= 0.6 is 15.9 Å². The van der Waals surface area contributed by atoms with Crippen molar-refractivity contribution in [2.45, 2.75) is 19.9 Å². The van der Waals surface area contributed by atoms with Gasteiger partial charge in [0.05, 0.1) is 0 Å². The molecule has 0 amide bonds. The summed E-state index contributed by atoms with van der Waals surface area (Å²) >= 11 is 3.44. The van der Waals surface area contributed by atoms with Crippen molar-refractivity contribution in [3.8, 4) is 0 Å². The molecule has 1 atom stereocenters. The molecule has 0 aromatic carbocycles. The number of rotatable bonds is 4. The number of anilines is 1. The zero-order chi connectivity index (χ0) is 13.8. The Morgan fingerprint density at radius 3 is 2.68 bits per heavy atom. The summed E-state index contributed by atoms with van der Waals surface area (Å²) < 4.78 is 1.03. The van der Waals surface area contributed by atoms with Gasteiger partial charge in [-0.25, -0.2) is 4.98 Å². The Bertz CT molecular complexity index is 416. The minimum atomic E-state index is 0.540. The van der Waals surface area contributed by atoms with E-state index in [2.05, 4.69) is 63.0 Å². The number of hydrogen-bond donors (Lipinski definition) is 1. The predicted octanol–water partition coefficient (Wildman–Crippen LogP) is 2.20. The Hall–Kier alpha value is -0.650. The van der Waals surface area contributed by atoms with Crippen molar-refractivity contribution in [1.29, 1.82) is 0 Å². The first-order valence-electron chi connectivity index (χ1n) is 6.85. The Labute approximate surface area is 124 Å². The molecule has 0 aliphatic carbocycles. The highest BCUT2D eigenvalue weighted by molar-refractivity contribution is 9.10. The maximum Gasteiger partial charge on any atom is 0.128 e. The van der Waals surface area contributed by atoms with Crippen LogP contribution in [0.15, 0.2) is 16.7 Å². The highest BCUT2D eigenvalue weighted by Gasteiger charge is 2.18. The number of halogens is 1. The lowest BCUT2D eigenvalue weighted by Crippen LogP contribution is -2.49. The van der Waals surface area contributed by atoms with Crippen LogP contribution in [0.3, 0.4) is 0 Å². The van der Waals surface area contributed by atoms with Crippen LogP contribution in [0.4, 0.5) is 5.82 Å². The summed E-state index contributed by atoms with van der Waals surface area (Å²) in [5, 5.41) is 3.46. The molecule has 1 saturated heterocycles. The Morgan fingerprint density at radius 1 is 1.37 bits per heavy atom. The van der Waals surface area contributed by atoms with E-state index in [9.17, 15) is 0 Å². The van der Waals surface area contributed by atoms with Crippen molar-refractivity contribution in [2.24, 2.45) is 0 Å². The zero-order valence-electron chi connectivity index (χ0n) is 12.0. The molecule has 1 aromatic heterocycles. The van der Waals surface area contributed by atoms with Crippen molar-refractivity contribution >= 4 is 21.7 Å². The molecular formula is C14H23BrN4. The molecule has 4 nitrogen and oxygen atoms in total. The van der Waals surface area contributed by atoms with Gasteiger partial charge in [0, 0.05) is 49.4 Å². The molecule has 2 rings (SSSR count). The number of likely N-dealkylation sites (N-methyl/N-ethyl adjacent to an activating group) is 1. The lowest BCUT2D eigenvalue weighted by Gasteiger charge is -2.36. The van der Waals surface area contributed by atoms with Gasteiger partial charge >= 0.3 is 0 Å². The molecule has 0 saturated carbocycles. The first-order valence-corrected chi connectivity index (χ1v) is 7.64. The lowest BCUT2D eigenvalue weighted by atomic mass is 10.2. The van der Waals surface area contributed by atoms with E-state index < -0.39 is 0 Å². The highest BCUT2D eigenvalue weighted by Crippen LogP contribution is 2.17. The molecule has 0 bridgehead atoms.